The molecule has 0 spiro atoms. The zero-order valence-corrected chi connectivity index (χ0v) is 15.2. The number of aliphatic imine (C=N–C) groups is 1. The number of aryl methyl sites for hydroxylation is 1. The van der Waals surface area contributed by atoms with Crippen LogP contribution in [0.5, 0.6) is 0 Å². The van der Waals surface area contributed by atoms with Gasteiger partial charge in [0.25, 0.3) is 0 Å². The third kappa shape index (κ3) is 4.97. The first-order valence-electron chi connectivity index (χ1n) is 9.59. The number of nitrogens with one attached hydrogen (secondary N) is 2. The molecule has 132 valence electrons. The molecule has 1 saturated carbocycles. The van der Waals surface area contributed by atoms with E-state index < -0.39 is 0 Å². The van der Waals surface area contributed by atoms with Gasteiger partial charge in [0.15, 0.2) is 5.96 Å². The lowest BCUT2D eigenvalue weighted by Crippen LogP contribution is -2.39. The molecule has 4 nitrogen and oxygen atoms in total. The molecule has 0 amide bonds. The SMILES string of the molecule is CCNC(=NCC(c1ccc(C)cc1)N1CCCC1)NCC1CC1. The Morgan fingerprint density at radius 1 is 1.17 bits per heavy atom. The Kier molecular flexibility index (Phi) is 6.13. The van der Waals surface area contributed by atoms with Crippen molar-refractivity contribution in [3.63, 3.8) is 0 Å². The van der Waals surface area contributed by atoms with Crippen molar-refractivity contribution in [2.75, 3.05) is 32.7 Å². The van der Waals surface area contributed by atoms with Gasteiger partial charge in [-0.1, -0.05) is 29.8 Å². The van der Waals surface area contributed by atoms with Crippen LogP contribution in [0.2, 0.25) is 0 Å². The van der Waals surface area contributed by atoms with Crippen molar-refractivity contribution in [3.05, 3.63) is 35.4 Å². The molecule has 0 bridgehead atoms. The van der Waals surface area contributed by atoms with Crippen LogP contribution in [0.1, 0.15) is 49.8 Å². The number of likely N-dealkylation sites (tertiary alicyclic amines) is 1. The highest BCUT2D eigenvalue weighted by Crippen LogP contribution is 2.28. The van der Waals surface area contributed by atoms with E-state index in [2.05, 4.69) is 53.6 Å². The van der Waals surface area contributed by atoms with Gasteiger partial charge < -0.3 is 10.6 Å². The predicted molar refractivity (Wildman–Crippen MR) is 101 cm³/mol. The second-order valence-corrected chi connectivity index (χ2v) is 7.21. The summed E-state index contributed by atoms with van der Waals surface area (Å²) in [6, 6.07) is 9.39. The van der Waals surface area contributed by atoms with Crippen molar-refractivity contribution in [1.29, 1.82) is 0 Å². The van der Waals surface area contributed by atoms with Crippen LogP contribution in [0.15, 0.2) is 29.3 Å². The lowest BCUT2D eigenvalue weighted by atomic mass is 10.0. The molecule has 1 saturated heterocycles. The molecule has 1 aliphatic carbocycles. The van der Waals surface area contributed by atoms with Gasteiger partial charge in [-0.3, -0.25) is 9.89 Å². The molecule has 1 aromatic rings. The van der Waals surface area contributed by atoms with E-state index in [0.717, 1.165) is 31.5 Å². The molecular weight excluding hydrogens is 296 g/mol. The minimum Gasteiger partial charge on any atom is -0.357 e. The quantitative estimate of drug-likeness (QED) is 0.597. The highest BCUT2D eigenvalue weighted by atomic mass is 15.2. The number of rotatable bonds is 7. The molecule has 1 aliphatic heterocycles. The van der Waals surface area contributed by atoms with Gasteiger partial charge in [0.1, 0.15) is 0 Å². The minimum absolute atomic E-state index is 0.393. The third-order valence-electron chi connectivity index (χ3n) is 5.07. The molecule has 1 heterocycles. The molecule has 0 aromatic heterocycles. The number of nitrogens with zero attached hydrogens (tertiary/aromatic N) is 2. The maximum atomic E-state index is 4.91. The van der Waals surface area contributed by atoms with E-state index in [4.69, 9.17) is 4.99 Å². The van der Waals surface area contributed by atoms with Crippen LogP contribution in [0.25, 0.3) is 0 Å². The van der Waals surface area contributed by atoms with Crippen LogP contribution in [-0.2, 0) is 0 Å². The number of hydrogen-bond donors (Lipinski definition) is 2. The van der Waals surface area contributed by atoms with Crippen LogP contribution < -0.4 is 10.6 Å². The van der Waals surface area contributed by atoms with Crippen LogP contribution >= 0.6 is 0 Å². The first-order chi connectivity index (χ1) is 11.8. The fourth-order valence-electron chi connectivity index (χ4n) is 3.36. The van der Waals surface area contributed by atoms with Gasteiger partial charge in [0.2, 0.25) is 0 Å². The molecular formula is C20H32N4. The van der Waals surface area contributed by atoms with Crippen molar-refractivity contribution < 1.29 is 0 Å². The smallest absolute Gasteiger partial charge is 0.191 e. The van der Waals surface area contributed by atoms with Gasteiger partial charge in [-0.2, -0.15) is 0 Å². The largest absolute Gasteiger partial charge is 0.357 e. The summed E-state index contributed by atoms with van der Waals surface area (Å²) >= 11 is 0. The summed E-state index contributed by atoms with van der Waals surface area (Å²) in [7, 11) is 0. The van der Waals surface area contributed by atoms with Crippen molar-refractivity contribution in [1.82, 2.24) is 15.5 Å². The Balaban J connectivity index is 1.68. The van der Waals surface area contributed by atoms with Crippen LogP contribution in [0.4, 0.5) is 0 Å². The van der Waals surface area contributed by atoms with Gasteiger partial charge in [0, 0.05) is 13.1 Å². The Morgan fingerprint density at radius 3 is 2.50 bits per heavy atom. The van der Waals surface area contributed by atoms with Crippen molar-refractivity contribution in [2.45, 2.75) is 45.6 Å². The maximum Gasteiger partial charge on any atom is 0.191 e. The molecule has 24 heavy (non-hydrogen) atoms. The lowest BCUT2D eigenvalue weighted by Gasteiger charge is -2.27. The zero-order valence-electron chi connectivity index (χ0n) is 15.2. The fraction of sp³-hybridized carbons (Fsp3) is 0.650. The summed E-state index contributed by atoms with van der Waals surface area (Å²) in [5.74, 6) is 1.83. The fourth-order valence-corrected chi connectivity index (χ4v) is 3.36. The molecule has 1 aromatic carbocycles. The van der Waals surface area contributed by atoms with Gasteiger partial charge >= 0.3 is 0 Å². The van der Waals surface area contributed by atoms with E-state index in [1.54, 1.807) is 0 Å². The first kappa shape index (κ1) is 17.3. The minimum atomic E-state index is 0.393. The van der Waals surface area contributed by atoms with Gasteiger partial charge in [0.05, 0.1) is 12.6 Å². The van der Waals surface area contributed by atoms with E-state index >= 15 is 0 Å². The zero-order chi connectivity index (χ0) is 16.8. The van der Waals surface area contributed by atoms with E-state index in [0.29, 0.717) is 6.04 Å². The molecule has 1 unspecified atom stereocenters. The Morgan fingerprint density at radius 2 is 1.88 bits per heavy atom. The topological polar surface area (TPSA) is 39.7 Å². The summed E-state index contributed by atoms with van der Waals surface area (Å²) in [5.41, 5.74) is 2.71. The monoisotopic (exact) mass is 328 g/mol. The van der Waals surface area contributed by atoms with E-state index in [1.165, 1.54) is 49.9 Å². The maximum absolute atomic E-state index is 4.91. The number of guanidine groups is 1. The first-order valence-corrected chi connectivity index (χ1v) is 9.59. The van der Waals surface area contributed by atoms with E-state index in [-0.39, 0.29) is 0 Å². The Hall–Kier alpha value is -1.55. The summed E-state index contributed by atoms with van der Waals surface area (Å²) in [6.07, 6.45) is 5.36. The third-order valence-corrected chi connectivity index (χ3v) is 5.07. The lowest BCUT2D eigenvalue weighted by molar-refractivity contribution is 0.251. The van der Waals surface area contributed by atoms with E-state index in [1.807, 2.05) is 0 Å². The molecule has 2 fully saturated rings. The molecule has 4 heteroatoms. The number of hydrogen-bond acceptors (Lipinski definition) is 2. The summed E-state index contributed by atoms with van der Waals surface area (Å²) in [5, 5.41) is 6.90. The molecule has 0 radical (unpaired) electrons. The Labute approximate surface area is 146 Å². The molecule has 3 rings (SSSR count). The summed E-state index contributed by atoms with van der Waals surface area (Å²) in [4.78, 5) is 7.51. The van der Waals surface area contributed by atoms with Gasteiger partial charge in [-0.25, -0.2) is 0 Å². The second-order valence-electron chi connectivity index (χ2n) is 7.21. The summed E-state index contributed by atoms with van der Waals surface area (Å²) < 4.78 is 0. The van der Waals surface area contributed by atoms with Crippen molar-refractivity contribution >= 4 is 5.96 Å². The Bertz CT molecular complexity index is 527. The van der Waals surface area contributed by atoms with Crippen molar-refractivity contribution in [3.8, 4) is 0 Å². The molecule has 1 atom stereocenters. The van der Waals surface area contributed by atoms with Crippen LogP contribution in [0, 0.1) is 12.8 Å². The normalized spacial score (nSPS) is 20.2. The van der Waals surface area contributed by atoms with Gasteiger partial charge in [-0.05, 0) is 64.1 Å². The number of benzene rings is 1. The van der Waals surface area contributed by atoms with E-state index in [9.17, 15) is 0 Å². The van der Waals surface area contributed by atoms with Gasteiger partial charge in [-0.15, -0.1) is 0 Å². The average Bonchev–Trinajstić information content (AvgIpc) is 3.27. The predicted octanol–water partition coefficient (Wildman–Crippen LogP) is 3.10. The molecule has 2 N–H and O–H groups in total. The van der Waals surface area contributed by atoms with Crippen LogP contribution in [-0.4, -0.2) is 43.6 Å². The average molecular weight is 329 g/mol. The van der Waals surface area contributed by atoms with Crippen molar-refractivity contribution in [2.24, 2.45) is 10.9 Å². The molecule has 2 aliphatic rings. The highest BCUT2D eigenvalue weighted by Gasteiger charge is 2.24. The summed E-state index contributed by atoms with van der Waals surface area (Å²) in [6.45, 7) is 9.47. The standard InChI is InChI=1S/C20H32N4/c1-3-21-20(22-14-17-8-9-17)23-15-19(24-12-4-5-13-24)18-10-6-16(2)7-11-18/h6-7,10-11,17,19H,3-5,8-9,12-15H2,1-2H3,(H2,21,22,23). The van der Waals surface area contributed by atoms with Crippen LogP contribution in [0.3, 0.4) is 0 Å². The second kappa shape index (κ2) is 8.52. The highest BCUT2D eigenvalue weighted by molar-refractivity contribution is 5.79.